The van der Waals surface area contributed by atoms with Gasteiger partial charge in [0.05, 0.1) is 5.92 Å². The van der Waals surface area contributed by atoms with Gasteiger partial charge in [-0.05, 0) is 55.8 Å². The summed E-state index contributed by atoms with van der Waals surface area (Å²) in [6, 6.07) is 8.63. The first kappa shape index (κ1) is 30.7. The first-order valence-electron chi connectivity index (χ1n) is 12.6. The predicted molar refractivity (Wildman–Crippen MR) is 149 cm³/mol. The number of nitrogens with one attached hydrogen (secondary N) is 3. The third kappa shape index (κ3) is 10.4. The van der Waals surface area contributed by atoms with Gasteiger partial charge in [-0.15, -0.1) is 0 Å². The van der Waals surface area contributed by atoms with Crippen LogP contribution in [0.2, 0.25) is 0 Å². The molecule has 0 aliphatic heterocycles. The van der Waals surface area contributed by atoms with E-state index >= 15 is 0 Å². The Labute approximate surface area is 227 Å². The third-order valence-electron chi connectivity index (χ3n) is 6.04. The molecule has 1 heterocycles. The Kier molecular flexibility index (Phi) is 12.3. The molecule has 2 rings (SSSR count). The maximum absolute atomic E-state index is 13.6. The molecule has 0 saturated heterocycles. The number of benzene rings is 1. The number of nitrogen functional groups attached to an aromatic ring is 1. The molecule has 3 amide bonds. The number of rotatable bonds is 16. The van der Waals surface area contributed by atoms with Crippen LogP contribution in [0.25, 0.3) is 0 Å². The van der Waals surface area contributed by atoms with Crippen LogP contribution in [0.15, 0.2) is 53.8 Å². The molecule has 13 nitrogen and oxygen atoms in total. The van der Waals surface area contributed by atoms with E-state index in [-0.39, 0.29) is 37.1 Å². The molecular weight excluding hydrogens is 500 g/mol. The summed E-state index contributed by atoms with van der Waals surface area (Å²) in [5.41, 5.74) is 29.4. The van der Waals surface area contributed by atoms with Gasteiger partial charge >= 0.3 is 0 Å². The fourth-order valence-corrected chi connectivity index (χ4v) is 3.92. The monoisotopic (exact) mass is 538 g/mol. The van der Waals surface area contributed by atoms with Crippen molar-refractivity contribution in [2.45, 2.75) is 50.1 Å². The molecule has 2 aromatic rings. The molecule has 1 aromatic carbocycles. The molecule has 0 spiro atoms. The van der Waals surface area contributed by atoms with Crippen molar-refractivity contribution in [3.05, 3.63) is 65.5 Å². The van der Waals surface area contributed by atoms with E-state index in [2.05, 4.69) is 20.6 Å². The molecule has 210 valence electrons. The number of hydrogen-bond acceptors (Lipinski definition) is 7. The highest BCUT2D eigenvalue weighted by Crippen LogP contribution is 2.22. The van der Waals surface area contributed by atoms with E-state index in [1.807, 2.05) is 0 Å². The summed E-state index contributed by atoms with van der Waals surface area (Å²) in [6.07, 6.45) is 4.89. The summed E-state index contributed by atoms with van der Waals surface area (Å²) >= 11 is 0. The first-order valence-corrected chi connectivity index (χ1v) is 12.6. The lowest BCUT2D eigenvalue weighted by Crippen LogP contribution is -2.53. The highest BCUT2D eigenvalue weighted by molar-refractivity contribution is 5.95. The van der Waals surface area contributed by atoms with Crippen molar-refractivity contribution in [3.63, 3.8) is 0 Å². The predicted octanol–water partition coefficient (Wildman–Crippen LogP) is -1.06. The van der Waals surface area contributed by atoms with E-state index in [0.717, 1.165) is 5.56 Å². The highest BCUT2D eigenvalue weighted by Gasteiger charge is 2.29. The van der Waals surface area contributed by atoms with Gasteiger partial charge < -0.3 is 39.3 Å². The van der Waals surface area contributed by atoms with Gasteiger partial charge in [-0.2, -0.15) is 0 Å². The van der Waals surface area contributed by atoms with Gasteiger partial charge in [-0.25, -0.2) is 0 Å². The van der Waals surface area contributed by atoms with E-state index in [4.69, 9.17) is 34.1 Å². The van der Waals surface area contributed by atoms with Gasteiger partial charge in [0.25, 0.3) is 0 Å². The summed E-state index contributed by atoms with van der Waals surface area (Å²) in [6.45, 7) is 0.585. The summed E-state index contributed by atoms with van der Waals surface area (Å²) in [5, 5.41) is 13.0. The molecule has 3 atom stereocenters. The number of aromatic nitrogens is 1. The van der Waals surface area contributed by atoms with E-state index in [1.165, 1.54) is 0 Å². The maximum Gasteiger partial charge on any atom is 0.243 e. The van der Waals surface area contributed by atoms with Crippen molar-refractivity contribution in [1.29, 1.82) is 5.41 Å². The van der Waals surface area contributed by atoms with Crippen molar-refractivity contribution >= 4 is 29.5 Å². The van der Waals surface area contributed by atoms with Crippen LogP contribution in [0.3, 0.4) is 0 Å². The molecule has 39 heavy (non-hydrogen) atoms. The zero-order valence-electron chi connectivity index (χ0n) is 21.8. The molecule has 13 heteroatoms. The van der Waals surface area contributed by atoms with Crippen LogP contribution in [0.4, 0.5) is 0 Å². The summed E-state index contributed by atoms with van der Waals surface area (Å²) in [4.78, 5) is 46.7. The Balaban J connectivity index is 2.20. The summed E-state index contributed by atoms with van der Waals surface area (Å²) in [7, 11) is 0. The van der Waals surface area contributed by atoms with Crippen LogP contribution in [0.5, 0.6) is 0 Å². The van der Waals surface area contributed by atoms with Crippen LogP contribution in [-0.4, -0.2) is 59.7 Å². The Hall–Kier alpha value is -4.52. The minimum Gasteiger partial charge on any atom is -0.384 e. The number of primary amides is 1. The van der Waals surface area contributed by atoms with Crippen molar-refractivity contribution in [2.75, 3.05) is 13.1 Å². The molecule has 1 aromatic heterocycles. The molecule has 0 bridgehead atoms. The summed E-state index contributed by atoms with van der Waals surface area (Å²) < 4.78 is 0. The number of amides is 3. The number of nitrogens with zero attached hydrogens (tertiary/aromatic N) is 2. The Bertz CT molecular complexity index is 1130. The minimum atomic E-state index is -0.960. The number of carbonyl (C=O) groups excluding carboxylic acids is 3. The Morgan fingerprint density at radius 1 is 0.923 bits per heavy atom. The Morgan fingerprint density at radius 3 is 2.15 bits per heavy atom. The second kappa shape index (κ2) is 15.7. The van der Waals surface area contributed by atoms with Crippen LogP contribution in [-0.2, 0) is 20.8 Å². The first-order chi connectivity index (χ1) is 18.6. The van der Waals surface area contributed by atoms with Gasteiger partial charge in [0.15, 0.2) is 5.96 Å². The van der Waals surface area contributed by atoms with Gasteiger partial charge in [0.1, 0.15) is 17.9 Å². The van der Waals surface area contributed by atoms with Crippen molar-refractivity contribution in [2.24, 2.45) is 33.7 Å². The maximum atomic E-state index is 13.6. The normalized spacial score (nSPS) is 12.9. The molecule has 0 aliphatic carbocycles. The summed E-state index contributed by atoms with van der Waals surface area (Å²) in [5.74, 6) is -2.43. The fourth-order valence-electron chi connectivity index (χ4n) is 3.92. The standard InChI is InChI=1S/C26H38N10O3/c27-11-1-5-21(25(39)35-20(23(30)37)6-3-13-34-26(31)32)36-24(38)19(18-4-2-12-33-15-18)14-16-7-9-17(10-8-16)22(28)29/h2,4,7-10,12,15,19-21H,1,3,5-6,11,13-14,27H2,(H3,28,29)(H2,30,37)(H,35,39)(H,36,38)(H4,31,32,34)/t19-,20+,21+/m1/s1. The lowest BCUT2D eigenvalue weighted by atomic mass is 9.91. The van der Waals surface area contributed by atoms with Crippen LogP contribution in [0.1, 0.15) is 48.3 Å². The lowest BCUT2D eigenvalue weighted by Gasteiger charge is -2.24. The zero-order chi connectivity index (χ0) is 28.8. The fraction of sp³-hybridized carbons (Fsp3) is 0.385. The number of aliphatic imine (C=N–C) groups is 1. The van der Waals surface area contributed by atoms with Gasteiger partial charge in [0, 0.05) is 24.5 Å². The number of hydrogen-bond donors (Lipinski definition) is 8. The van der Waals surface area contributed by atoms with Gasteiger partial charge in [-0.3, -0.25) is 29.8 Å². The van der Waals surface area contributed by atoms with Gasteiger partial charge in [-0.1, -0.05) is 30.3 Å². The quantitative estimate of drug-likeness (QED) is 0.0740. The second-order valence-corrected chi connectivity index (χ2v) is 9.06. The number of nitrogens with two attached hydrogens (primary N) is 5. The number of guanidine groups is 1. The van der Waals surface area contributed by atoms with Crippen molar-refractivity contribution in [1.82, 2.24) is 15.6 Å². The van der Waals surface area contributed by atoms with E-state index in [0.29, 0.717) is 36.9 Å². The van der Waals surface area contributed by atoms with Gasteiger partial charge in [0.2, 0.25) is 17.7 Å². The van der Waals surface area contributed by atoms with Crippen LogP contribution in [0, 0.1) is 5.41 Å². The van der Waals surface area contributed by atoms with E-state index in [9.17, 15) is 14.4 Å². The average molecular weight is 539 g/mol. The molecule has 0 fully saturated rings. The third-order valence-corrected chi connectivity index (χ3v) is 6.04. The van der Waals surface area contributed by atoms with Crippen molar-refractivity contribution in [3.8, 4) is 0 Å². The SMILES string of the molecule is N=C(N)c1ccc(C[C@@H](C(=O)N[C@@H](CCCN)C(=O)N[C@@H](CCCN=C(N)N)C(N)=O)c2cccnc2)cc1. The minimum absolute atomic E-state index is 0.0534. The lowest BCUT2D eigenvalue weighted by molar-refractivity contribution is -0.132. The second-order valence-electron chi connectivity index (χ2n) is 9.06. The molecule has 0 aliphatic rings. The van der Waals surface area contributed by atoms with Crippen LogP contribution < -0.4 is 39.3 Å². The molecule has 0 radical (unpaired) electrons. The largest absolute Gasteiger partial charge is 0.384 e. The van der Waals surface area contributed by atoms with E-state index < -0.39 is 29.8 Å². The Morgan fingerprint density at radius 2 is 1.59 bits per heavy atom. The van der Waals surface area contributed by atoms with Crippen molar-refractivity contribution < 1.29 is 14.4 Å². The van der Waals surface area contributed by atoms with E-state index in [1.54, 1.807) is 48.8 Å². The average Bonchev–Trinajstić information content (AvgIpc) is 2.91. The topological polar surface area (TPSA) is 254 Å². The smallest absolute Gasteiger partial charge is 0.243 e. The number of pyridine rings is 1. The molecule has 0 saturated carbocycles. The number of amidine groups is 1. The molecule has 13 N–H and O–H groups in total. The zero-order valence-corrected chi connectivity index (χ0v) is 21.8. The molecule has 0 unspecified atom stereocenters. The highest BCUT2D eigenvalue weighted by atomic mass is 16.2. The van der Waals surface area contributed by atoms with Crippen LogP contribution >= 0.6 is 0 Å². The molecular formula is C26H38N10O3. The number of carbonyl (C=O) groups is 3.